The van der Waals surface area contributed by atoms with E-state index in [1.165, 1.54) is 44.9 Å². The summed E-state index contributed by atoms with van der Waals surface area (Å²) in [5.74, 6) is 1.03. The minimum atomic E-state index is -1.83. The molecule has 0 spiro atoms. The molecule has 3 nitrogen and oxygen atoms in total. The van der Waals surface area contributed by atoms with Gasteiger partial charge >= 0.3 is 6.16 Å². The maximum atomic E-state index is 8.56. The summed E-state index contributed by atoms with van der Waals surface area (Å²) >= 11 is 0. The standard InChI is InChI=1S/C10H18.CH2O3/c1-2-3-7-10-8-5-4-6-9-10;2-1(3)4/h2,10H,1,3-9H2;(H2,2,3,4). The van der Waals surface area contributed by atoms with Gasteiger partial charge in [-0.15, -0.1) is 6.58 Å². The zero-order chi connectivity index (χ0) is 10.8. The molecule has 1 fully saturated rings. The molecule has 1 aliphatic carbocycles. The van der Waals surface area contributed by atoms with Crippen LogP contribution in [0.2, 0.25) is 0 Å². The van der Waals surface area contributed by atoms with E-state index in [1.807, 2.05) is 0 Å². The van der Waals surface area contributed by atoms with Crippen molar-refractivity contribution in [2.45, 2.75) is 44.9 Å². The highest BCUT2D eigenvalue weighted by Crippen LogP contribution is 2.27. The largest absolute Gasteiger partial charge is 0.503 e. The fourth-order valence-corrected chi connectivity index (χ4v) is 1.83. The summed E-state index contributed by atoms with van der Waals surface area (Å²) in [6.07, 6.45) is 10.2. The third-order valence-corrected chi connectivity index (χ3v) is 2.50. The number of hydrogen-bond acceptors (Lipinski definition) is 1. The number of carboxylic acid groups (broad SMARTS) is 2. The molecule has 0 bridgehead atoms. The summed E-state index contributed by atoms with van der Waals surface area (Å²) in [5.41, 5.74) is 0. The fraction of sp³-hybridized carbons (Fsp3) is 0.727. The summed E-state index contributed by atoms with van der Waals surface area (Å²) in [7, 11) is 0. The smallest absolute Gasteiger partial charge is 0.450 e. The van der Waals surface area contributed by atoms with Crippen LogP contribution in [0.3, 0.4) is 0 Å². The monoisotopic (exact) mass is 200 g/mol. The van der Waals surface area contributed by atoms with Crippen LogP contribution in [0.1, 0.15) is 44.9 Å². The molecule has 2 N–H and O–H groups in total. The quantitative estimate of drug-likeness (QED) is 0.682. The summed E-state index contributed by atoms with van der Waals surface area (Å²) in [4.78, 5) is 8.56. The predicted octanol–water partition coefficient (Wildman–Crippen LogP) is 3.76. The molecule has 82 valence electrons. The van der Waals surface area contributed by atoms with Gasteiger partial charge in [-0.25, -0.2) is 4.79 Å². The van der Waals surface area contributed by atoms with Crippen LogP contribution in [0.15, 0.2) is 12.7 Å². The van der Waals surface area contributed by atoms with Gasteiger partial charge in [0.05, 0.1) is 0 Å². The lowest BCUT2D eigenvalue weighted by molar-refractivity contribution is 0.137. The Morgan fingerprint density at radius 1 is 1.29 bits per heavy atom. The molecule has 0 heterocycles. The topological polar surface area (TPSA) is 57.5 Å². The fourth-order valence-electron chi connectivity index (χ4n) is 1.83. The van der Waals surface area contributed by atoms with E-state index >= 15 is 0 Å². The van der Waals surface area contributed by atoms with Gasteiger partial charge in [0.1, 0.15) is 0 Å². The number of rotatable bonds is 3. The van der Waals surface area contributed by atoms with Crippen molar-refractivity contribution >= 4 is 6.16 Å². The van der Waals surface area contributed by atoms with E-state index in [4.69, 9.17) is 15.0 Å². The summed E-state index contributed by atoms with van der Waals surface area (Å²) in [5, 5.41) is 13.9. The van der Waals surface area contributed by atoms with Gasteiger partial charge in [0, 0.05) is 0 Å². The molecule has 0 saturated heterocycles. The van der Waals surface area contributed by atoms with Crippen molar-refractivity contribution in [1.29, 1.82) is 0 Å². The Kier molecular flexibility index (Phi) is 7.99. The van der Waals surface area contributed by atoms with Gasteiger partial charge in [-0.1, -0.05) is 38.2 Å². The lowest BCUT2D eigenvalue weighted by atomic mass is 9.86. The third kappa shape index (κ3) is 9.10. The normalized spacial score (nSPS) is 16.6. The minimum Gasteiger partial charge on any atom is -0.450 e. The van der Waals surface area contributed by atoms with Crippen LogP contribution in [-0.2, 0) is 0 Å². The molecule has 1 aliphatic rings. The van der Waals surface area contributed by atoms with Crippen LogP contribution >= 0.6 is 0 Å². The Hall–Kier alpha value is -0.990. The Bertz CT molecular complexity index is 156. The molecule has 3 heteroatoms. The van der Waals surface area contributed by atoms with Crippen LogP contribution in [0, 0.1) is 5.92 Å². The number of hydrogen-bond donors (Lipinski definition) is 2. The molecule has 0 aromatic rings. The van der Waals surface area contributed by atoms with Crippen molar-refractivity contribution in [3.63, 3.8) is 0 Å². The molecule has 0 aromatic carbocycles. The van der Waals surface area contributed by atoms with Crippen molar-refractivity contribution in [1.82, 2.24) is 0 Å². The van der Waals surface area contributed by atoms with Crippen molar-refractivity contribution in [2.24, 2.45) is 5.92 Å². The van der Waals surface area contributed by atoms with Crippen molar-refractivity contribution in [3.05, 3.63) is 12.7 Å². The van der Waals surface area contributed by atoms with Crippen LogP contribution in [0.4, 0.5) is 4.79 Å². The average molecular weight is 200 g/mol. The van der Waals surface area contributed by atoms with E-state index in [0.717, 1.165) is 5.92 Å². The molecular weight excluding hydrogens is 180 g/mol. The molecule has 0 radical (unpaired) electrons. The van der Waals surface area contributed by atoms with Crippen molar-refractivity contribution in [2.75, 3.05) is 0 Å². The first kappa shape index (κ1) is 13.0. The maximum absolute atomic E-state index is 8.56. The summed E-state index contributed by atoms with van der Waals surface area (Å²) in [6.45, 7) is 3.75. The van der Waals surface area contributed by atoms with E-state index in [0.29, 0.717) is 0 Å². The highest BCUT2D eigenvalue weighted by molar-refractivity contribution is 5.53. The average Bonchev–Trinajstić information content (AvgIpc) is 2.15. The third-order valence-electron chi connectivity index (χ3n) is 2.50. The van der Waals surface area contributed by atoms with E-state index in [-0.39, 0.29) is 0 Å². The van der Waals surface area contributed by atoms with Gasteiger partial charge in [-0.2, -0.15) is 0 Å². The Morgan fingerprint density at radius 2 is 1.79 bits per heavy atom. The highest BCUT2D eigenvalue weighted by atomic mass is 16.6. The first-order valence-electron chi connectivity index (χ1n) is 5.19. The first-order valence-corrected chi connectivity index (χ1v) is 5.19. The Labute approximate surface area is 85.4 Å². The highest BCUT2D eigenvalue weighted by Gasteiger charge is 2.11. The van der Waals surface area contributed by atoms with E-state index < -0.39 is 6.16 Å². The van der Waals surface area contributed by atoms with E-state index in [9.17, 15) is 0 Å². The van der Waals surface area contributed by atoms with Gasteiger partial charge in [0.2, 0.25) is 0 Å². The Morgan fingerprint density at radius 3 is 2.21 bits per heavy atom. The lowest BCUT2D eigenvalue weighted by Crippen LogP contribution is -2.05. The van der Waals surface area contributed by atoms with Gasteiger partial charge < -0.3 is 10.2 Å². The summed E-state index contributed by atoms with van der Waals surface area (Å²) < 4.78 is 0. The second-order valence-corrected chi connectivity index (χ2v) is 3.65. The van der Waals surface area contributed by atoms with Crippen LogP contribution in [-0.4, -0.2) is 16.4 Å². The predicted molar refractivity (Wildman–Crippen MR) is 56.7 cm³/mol. The molecule has 0 atom stereocenters. The van der Waals surface area contributed by atoms with Gasteiger partial charge in [-0.3, -0.25) is 0 Å². The first-order chi connectivity index (χ1) is 6.66. The SMILES string of the molecule is C=CCCC1CCCCC1.O=C(O)O. The molecular formula is C11H20O3. The van der Waals surface area contributed by atoms with Crippen LogP contribution in [0.5, 0.6) is 0 Å². The molecule has 1 saturated carbocycles. The minimum absolute atomic E-state index is 1.03. The Balaban J connectivity index is 0.000000364. The second-order valence-electron chi connectivity index (χ2n) is 3.65. The van der Waals surface area contributed by atoms with Crippen molar-refractivity contribution < 1.29 is 15.0 Å². The van der Waals surface area contributed by atoms with Gasteiger partial charge in [0.25, 0.3) is 0 Å². The molecule has 0 unspecified atom stereocenters. The number of allylic oxidation sites excluding steroid dienone is 1. The molecule has 14 heavy (non-hydrogen) atoms. The molecule has 0 aromatic heterocycles. The molecule has 0 aliphatic heterocycles. The second kappa shape index (κ2) is 8.60. The molecule has 1 rings (SSSR count). The van der Waals surface area contributed by atoms with Crippen LogP contribution < -0.4 is 0 Å². The summed E-state index contributed by atoms with van der Waals surface area (Å²) in [6, 6.07) is 0. The van der Waals surface area contributed by atoms with Crippen molar-refractivity contribution in [3.8, 4) is 0 Å². The maximum Gasteiger partial charge on any atom is 0.503 e. The van der Waals surface area contributed by atoms with Gasteiger partial charge in [-0.05, 0) is 18.8 Å². The zero-order valence-corrected chi connectivity index (χ0v) is 8.61. The van der Waals surface area contributed by atoms with E-state index in [2.05, 4.69) is 12.7 Å². The van der Waals surface area contributed by atoms with Crippen LogP contribution in [0.25, 0.3) is 0 Å². The molecule has 0 amide bonds. The lowest BCUT2D eigenvalue weighted by Gasteiger charge is -2.20. The van der Waals surface area contributed by atoms with E-state index in [1.54, 1.807) is 0 Å². The van der Waals surface area contributed by atoms with Gasteiger partial charge in [0.15, 0.2) is 0 Å². The number of carbonyl (C=O) groups is 1. The zero-order valence-electron chi connectivity index (χ0n) is 8.61.